The van der Waals surface area contributed by atoms with Crippen molar-refractivity contribution in [2.45, 2.75) is 84.7 Å². The molecule has 0 aromatic heterocycles. The lowest BCUT2D eigenvalue weighted by Crippen LogP contribution is -2.55. The molecule has 0 aromatic carbocycles. The van der Waals surface area contributed by atoms with Crippen molar-refractivity contribution in [2.75, 3.05) is 0 Å². The highest BCUT2D eigenvalue weighted by molar-refractivity contribution is 5.09. The zero-order valence-corrected chi connectivity index (χ0v) is 14.3. The van der Waals surface area contributed by atoms with Crippen molar-refractivity contribution in [3.05, 3.63) is 0 Å². The lowest BCUT2D eigenvalue weighted by atomic mass is 9.44. The quantitative estimate of drug-likeness (QED) is 0.663. The van der Waals surface area contributed by atoms with Crippen LogP contribution in [0.2, 0.25) is 0 Å². The maximum absolute atomic E-state index is 10.5. The average Bonchev–Trinajstić information content (AvgIpc) is 2.75. The Balaban J connectivity index is 1.65. The standard InChI is InChI=1S/C20H34O/c1-13-6-8-15-14-7-9-17-18(21)5-4-11-20(17,3)16(14)10-12-19(13,15)2/h13-18,21H,4-12H2,1-3H3/t13?,14-,15-,16-,17-,18?,19+,20+/m0/s1. The summed E-state index contributed by atoms with van der Waals surface area (Å²) in [5.41, 5.74) is 1.09. The lowest BCUT2D eigenvalue weighted by molar-refractivity contribution is -0.143. The van der Waals surface area contributed by atoms with Crippen LogP contribution in [-0.2, 0) is 0 Å². The van der Waals surface area contributed by atoms with Crippen LogP contribution in [0.4, 0.5) is 0 Å². The minimum Gasteiger partial charge on any atom is -0.393 e. The molecule has 0 aliphatic heterocycles. The molecule has 1 N–H and O–H groups in total. The largest absolute Gasteiger partial charge is 0.393 e. The predicted octanol–water partition coefficient (Wildman–Crippen LogP) is 5.03. The molecule has 4 aliphatic carbocycles. The number of fused-ring (bicyclic) bond motifs is 5. The Morgan fingerprint density at radius 1 is 0.762 bits per heavy atom. The number of hydrogen-bond acceptors (Lipinski definition) is 1. The third kappa shape index (κ3) is 1.85. The number of hydrogen-bond donors (Lipinski definition) is 1. The van der Waals surface area contributed by atoms with Crippen LogP contribution in [0.5, 0.6) is 0 Å². The van der Waals surface area contributed by atoms with Crippen molar-refractivity contribution >= 4 is 0 Å². The van der Waals surface area contributed by atoms with Gasteiger partial charge in [-0.3, -0.25) is 0 Å². The van der Waals surface area contributed by atoms with E-state index in [1.54, 1.807) is 0 Å². The van der Waals surface area contributed by atoms with Gasteiger partial charge in [-0.2, -0.15) is 0 Å². The van der Waals surface area contributed by atoms with E-state index in [1.807, 2.05) is 0 Å². The Morgan fingerprint density at radius 3 is 2.29 bits per heavy atom. The molecule has 8 atom stereocenters. The van der Waals surface area contributed by atoms with Crippen LogP contribution in [0, 0.1) is 40.4 Å². The summed E-state index contributed by atoms with van der Waals surface area (Å²) in [7, 11) is 0. The van der Waals surface area contributed by atoms with Gasteiger partial charge in [-0.25, -0.2) is 0 Å². The Bertz CT molecular complexity index is 418. The first kappa shape index (κ1) is 14.5. The molecule has 0 radical (unpaired) electrons. The maximum Gasteiger partial charge on any atom is 0.0573 e. The fraction of sp³-hybridized carbons (Fsp3) is 1.00. The van der Waals surface area contributed by atoms with Crippen LogP contribution in [0.15, 0.2) is 0 Å². The number of aliphatic hydroxyl groups excluding tert-OH is 1. The highest BCUT2D eigenvalue weighted by Gasteiger charge is 2.59. The second-order valence-electron chi connectivity index (χ2n) is 9.55. The van der Waals surface area contributed by atoms with Gasteiger partial charge in [0.25, 0.3) is 0 Å². The van der Waals surface area contributed by atoms with Crippen LogP contribution < -0.4 is 0 Å². The summed E-state index contributed by atoms with van der Waals surface area (Å²) in [6.07, 6.45) is 12.3. The average molecular weight is 290 g/mol. The highest BCUT2D eigenvalue weighted by Crippen LogP contribution is 2.67. The van der Waals surface area contributed by atoms with Gasteiger partial charge < -0.3 is 5.11 Å². The van der Waals surface area contributed by atoms with Crippen LogP contribution >= 0.6 is 0 Å². The van der Waals surface area contributed by atoms with E-state index in [-0.39, 0.29) is 6.10 Å². The molecular formula is C20H34O. The van der Waals surface area contributed by atoms with Gasteiger partial charge in [0.1, 0.15) is 0 Å². The zero-order valence-electron chi connectivity index (χ0n) is 14.3. The predicted molar refractivity (Wildman–Crippen MR) is 86.9 cm³/mol. The molecule has 4 rings (SSSR count). The minimum absolute atomic E-state index is 0.000474. The summed E-state index contributed by atoms with van der Waals surface area (Å²) in [5.74, 6) is 4.42. The van der Waals surface area contributed by atoms with Gasteiger partial charge in [0.05, 0.1) is 6.10 Å². The molecule has 4 saturated carbocycles. The fourth-order valence-corrected chi connectivity index (χ4v) is 7.64. The number of aliphatic hydroxyl groups is 1. The van der Waals surface area contributed by atoms with E-state index in [9.17, 15) is 5.11 Å². The van der Waals surface area contributed by atoms with Gasteiger partial charge in [-0.05, 0) is 91.8 Å². The fourth-order valence-electron chi connectivity index (χ4n) is 7.64. The second kappa shape index (κ2) is 4.73. The first-order valence-corrected chi connectivity index (χ1v) is 9.65. The molecule has 2 unspecified atom stereocenters. The van der Waals surface area contributed by atoms with Crippen molar-refractivity contribution in [1.82, 2.24) is 0 Å². The summed E-state index contributed by atoms with van der Waals surface area (Å²) in [5, 5.41) is 10.5. The molecule has 0 heterocycles. The Labute approximate surface area is 130 Å². The van der Waals surface area contributed by atoms with Crippen molar-refractivity contribution in [3.8, 4) is 0 Å². The van der Waals surface area contributed by atoms with Gasteiger partial charge in [-0.1, -0.05) is 27.2 Å². The molecule has 0 spiro atoms. The SMILES string of the molecule is CC1CC[C@H]2[C@@H]3CC[C@H]4C(O)CCC[C@]4(C)[C@H]3CC[C@]12C. The van der Waals surface area contributed by atoms with E-state index in [0.717, 1.165) is 30.1 Å². The molecule has 1 heteroatoms. The van der Waals surface area contributed by atoms with Gasteiger partial charge in [0.15, 0.2) is 0 Å². The highest BCUT2D eigenvalue weighted by atomic mass is 16.3. The van der Waals surface area contributed by atoms with Gasteiger partial charge in [0.2, 0.25) is 0 Å². The number of rotatable bonds is 0. The first-order valence-electron chi connectivity index (χ1n) is 9.65. The van der Waals surface area contributed by atoms with Crippen LogP contribution in [0.3, 0.4) is 0 Å². The Morgan fingerprint density at radius 2 is 1.48 bits per heavy atom. The smallest absolute Gasteiger partial charge is 0.0573 e. The van der Waals surface area contributed by atoms with E-state index in [1.165, 1.54) is 51.4 Å². The van der Waals surface area contributed by atoms with Crippen molar-refractivity contribution in [3.63, 3.8) is 0 Å². The monoisotopic (exact) mass is 290 g/mol. The van der Waals surface area contributed by atoms with E-state index < -0.39 is 0 Å². The Hall–Kier alpha value is -0.0400. The molecular weight excluding hydrogens is 256 g/mol. The zero-order chi connectivity index (χ0) is 14.8. The molecule has 0 amide bonds. The summed E-state index contributed by atoms with van der Waals surface area (Å²) >= 11 is 0. The summed E-state index contributed by atoms with van der Waals surface area (Å²) in [6, 6.07) is 0. The third-order valence-electron chi connectivity index (χ3n) is 9.10. The normalized spacial score (nSPS) is 60.0. The van der Waals surface area contributed by atoms with Crippen molar-refractivity contribution < 1.29 is 5.11 Å². The van der Waals surface area contributed by atoms with Gasteiger partial charge in [0, 0.05) is 0 Å². The summed E-state index contributed by atoms with van der Waals surface area (Å²) in [4.78, 5) is 0. The Kier molecular flexibility index (Phi) is 3.27. The van der Waals surface area contributed by atoms with Gasteiger partial charge in [-0.15, -0.1) is 0 Å². The summed E-state index contributed by atoms with van der Waals surface area (Å²) in [6.45, 7) is 7.67. The van der Waals surface area contributed by atoms with Crippen molar-refractivity contribution in [1.29, 1.82) is 0 Å². The molecule has 0 bridgehead atoms. The van der Waals surface area contributed by atoms with E-state index in [4.69, 9.17) is 0 Å². The topological polar surface area (TPSA) is 20.2 Å². The van der Waals surface area contributed by atoms with E-state index >= 15 is 0 Å². The lowest BCUT2D eigenvalue weighted by Gasteiger charge is -2.61. The van der Waals surface area contributed by atoms with Crippen molar-refractivity contribution in [2.24, 2.45) is 40.4 Å². The van der Waals surface area contributed by atoms with Crippen LogP contribution in [0.25, 0.3) is 0 Å². The summed E-state index contributed by atoms with van der Waals surface area (Å²) < 4.78 is 0. The van der Waals surface area contributed by atoms with Crippen LogP contribution in [0.1, 0.15) is 78.6 Å². The molecule has 4 aliphatic rings. The molecule has 1 nitrogen and oxygen atoms in total. The maximum atomic E-state index is 10.5. The third-order valence-corrected chi connectivity index (χ3v) is 9.10. The minimum atomic E-state index is 0.000474. The van der Waals surface area contributed by atoms with E-state index in [0.29, 0.717) is 16.7 Å². The van der Waals surface area contributed by atoms with Crippen LogP contribution in [-0.4, -0.2) is 11.2 Å². The first-order chi connectivity index (χ1) is 9.97. The van der Waals surface area contributed by atoms with E-state index in [2.05, 4.69) is 20.8 Å². The molecule has 0 saturated heterocycles. The molecule has 120 valence electrons. The molecule has 0 aromatic rings. The van der Waals surface area contributed by atoms with Gasteiger partial charge >= 0.3 is 0 Å². The second-order valence-corrected chi connectivity index (χ2v) is 9.55. The molecule has 21 heavy (non-hydrogen) atoms. The molecule has 4 fully saturated rings.